The summed E-state index contributed by atoms with van der Waals surface area (Å²) in [5.74, 6) is 1.47. The zero-order valence-electron chi connectivity index (χ0n) is 15.9. The molecule has 1 saturated carbocycles. The summed E-state index contributed by atoms with van der Waals surface area (Å²) in [7, 11) is 0. The molecule has 1 heterocycles. The van der Waals surface area contributed by atoms with Crippen LogP contribution in [0.15, 0.2) is 0 Å². The van der Waals surface area contributed by atoms with E-state index in [0.29, 0.717) is 0 Å². The van der Waals surface area contributed by atoms with Crippen molar-refractivity contribution in [2.24, 2.45) is 11.8 Å². The Bertz CT molecular complexity index is 376. The van der Waals surface area contributed by atoms with Gasteiger partial charge in [-0.1, -0.05) is 58.3 Å². The molecule has 2 rings (SSSR count). The highest BCUT2D eigenvalue weighted by Gasteiger charge is 2.37. The van der Waals surface area contributed by atoms with Gasteiger partial charge < -0.3 is 14.3 Å². The van der Waals surface area contributed by atoms with Crippen molar-refractivity contribution < 1.29 is 9.47 Å². The van der Waals surface area contributed by atoms with E-state index in [4.69, 9.17) is 16.0 Å². The lowest BCUT2D eigenvalue weighted by molar-refractivity contribution is -0.170. The lowest BCUT2D eigenvalue weighted by Crippen LogP contribution is -2.32. The van der Waals surface area contributed by atoms with Crippen LogP contribution in [0.25, 0.3) is 4.85 Å². The number of hydrogen-bond acceptors (Lipinski definition) is 2. The molecule has 0 aromatic heterocycles. The second kappa shape index (κ2) is 10.4. The molecule has 1 saturated heterocycles. The topological polar surface area (TPSA) is 22.8 Å². The summed E-state index contributed by atoms with van der Waals surface area (Å²) in [6.45, 7) is 12.9. The summed E-state index contributed by atoms with van der Waals surface area (Å²) in [5, 5.41) is 0. The molecular weight excluding hydrogens is 298 g/mol. The van der Waals surface area contributed by atoms with Crippen molar-refractivity contribution in [1.29, 1.82) is 0 Å². The third-order valence-electron chi connectivity index (χ3n) is 6.09. The van der Waals surface area contributed by atoms with Gasteiger partial charge in [0.1, 0.15) is 0 Å². The van der Waals surface area contributed by atoms with Crippen LogP contribution in [0.1, 0.15) is 90.9 Å². The van der Waals surface area contributed by atoms with Crippen molar-refractivity contribution in [3.05, 3.63) is 11.4 Å². The van der Waals surface area contributed by atoms with E-state index in [1.54, 1.807) is 0 Å². The van der Waals surface area contributed by atoms with Gasteiger partial charge in [-0.25, -0.2) is 6.57 Å². The summed E-state index contributed by atoms with van der Waals surface area (Å²) in [6.07, 6.45) is 15.3. The van der Waals surface area contributed by atoms with Gasteiger partial charge in [0.25, 0.3) is 0 Å². The maximum atomic E-state index is 7.13. The molecule has 24 heavy (non-hydrogen) atoms. The molecule has 3 nitrogen and oxygen atoms in total. The molecule has 0 spiro atoms. The Morgan fingerprint density at radius 1 is 1.00 bits per heavy atom. The average molecular weight is 336 g/mol. The van der Waals surface area contributed by atoms with Gasteiger partial charge in [-0.05, 0) is 18.3 Å². The SMILES string of the molecule is [C-]#[N+]C(C)CCC1(CCC2CCC(CCCCC)CC2)OCCO1. The smallest absolute Gasteiger partial charge is 0.221 e. The average Bonchev–Trinajstić information content (AvgIpc) is 3.08. The first-order chi connectivity index (χ1) is 11.7. The van der Waals surface area contributed by atoms with E-state index in [9.17, 15) is 0 Å². The fourth-order valence-electron chi connectivity index (χ4n) is 4.32. The molecule has 3 heteroatoms. The van der Waals surface area contributed by atoms with Crippen LogP contribution in [-0.4, -0.2) is 25.0 Å². The maximum Gasteiger partial charge on any atom is 0.221 e. The molecule has 1 atom stereocenters. The first kappa shape index (κ1) is 19.7. The number of ether oxygens (including phenoxy) is 2. The summed E-state index contributed by atoms with van der Waals surface area (Å²) in [6, 6.07) is 0.0771. The molecule has 2 fully saturated rings. The first-order valence-corrected chi connectivity index (χ1v) is 10.3. The molecule has 138 valence electrons. The minimum atomic E-state index is -0.378. The van der Waals surface area contributed by atoms with Crippen LogP contribution in [0.3, 0.4) is 0 Å². The summed E-state index contributed by atoms with van der Waals surface area (Å²) < 4.78 is 12.0. The first-order valence-electron chi connectivity index (χ1n) is 10.3. The largest absolute Gasteiger partial charge is 0.348 e. The molecule has 0 bridgehead atoms. The fraction of sp³-hybridized carbons (Fsp3) is 0.952. The Labute approximate surface area is 149 Å². The molecule has 2 aliphatic rings. The van der Waals surface area contributed by atoms with Gasteiger partial charge in [-0.15, -0.1) is 0 Å². The van der Waals surface area contributed by atoms with Gasteiger partial charge in [0, 0.05) is 26.2 Å². The van der Waals surface area contributed by atoms with Gasteiger partial charge in [0.2, 0.25) is 6.04 Å². The Morgan fingerprint density at radius 2 is 1.62 bits per heavy atom. The minimum absolute atomic E-state index is 0.0771. The molecule has 0 aromatic carbocycles. The van der Waals surface area contributed by atoms with Crippen LogP contribution in [0.5, 0.6) is 0 Å². The van der Waals surface area contributed by atoms with Gasteiger partial charge in [-0.3, -0.25) is 0 Å². The minimum Gasteiger partial charge on any atom is -0.348 e. The third-order valence-corrected chi connectivity index (χ3v) is 6.09. The van der Waals surface area contributed by atoms with Gasteiger partial charge in [0.05, 0.1) is 13.2 Å². The van der Waals surface area contributed by atoms with E-state index in [1.807, 2.05) is 6.92 Å². The predicted molar refractivity (Wildman–Crippen MR) is 98.8 cm³/mol. The van der Waals surface area contributed by atoms with E-state index in [-0.39, 0.29) is 11.8 Å². The molecule has 1 aliphatic carbocycles. The highest BCUT2D eigenvalue weighted by Crippen LogP contribution is 2.38. The van der Waals surface area contributed by atoms with Crippen molar-refractivity contribution in [1.82, 2.24) is 0 Å². The number of nitrogens with zero attached hydrogens (tertiary/aromatic N) is 1. The summed E-state index contributed by atoms with van der Waals surface area (Å²) in [4.78, 5) is 3.61. The molecule has 1 aliphatic heterocycles. The van der Waals surface area contributed by atoms with E-state index < -0.39 is 0 Å². The standard InChI is InChI=1S/C21H37NO2/c1-4-5-6-7-19-8-10-20(11-9-19)13-15-21(23-16-17-24-21)14-12-18(2)22-3/h18-20H,4-17H2,1-2H3. The Hall–Kier alpha value is -0.590. The Kier molecular flexibility index (Phi) is 8.56. The molecular formula is C21H37NO2. The summed E-state index contributed by atoms with van der Waals surface area (Å²) in [5.41, 5.74) is 0. The van der Waals surface area contributed by atoms with Gasteiger partial charge in [-0.2, -0.15) is 0 Å². The molecule has 0 amide bonds. The molecule has 0 N–H and O–H groups in total. The van der Waals surface area contributed by atoms with Crippen molar-refractivity contribution in [3.8, 4) is 0 Å². The highest BCUT2D eigenvalue weighted by atomic mass is 16.7. The lowest BCUT2D eigenvalue weighted by Gasteiger charge is -2.32. The van der Waals surface area contributed by atoms with Gasteiger partial charge in [0.15, 0.2) is 5.79 Å². The van der Waals surface area contributed by atoms with Gasteiger partial charge >= 0.3 is 0 Å². The molecule has 0 radical (unpaired) electrons. The van der Waals surface area contributed by atoms with Crippen LogP contribution in [-0.2, 0) is 9.47 Å². The Morgan fingerprint density at radius 3 is 2.21 bits per heavy atom. The van der Waals surface area contributed by atoms with E-state index in [1.165, 1.54) is 57.8 Å². The monoisotopic (exact) mass is 335 g/mol. The Balaban J connectivity index is 1.68. The van der Waals surface area contributed by atoms with Crippen molar-refractivity contribution >= 4 is 0 Å². The van der Waals surface area contributed by atoms with E-state index >= 15 is 0 Å². The zero-order chi connectivity index (χ0) is 17.3. The van der Waals surface area contributed by atoms with E-state index in [0.717, 1.165) is 44.3 Å². The maximum absolute atomic E-state index is 7.13. The van der Waals surface area contributed by atoms with Crippen molar-refractivity contribution in [2.45, 2.75) is 103 Å². The lowest BCUT2D eigenvalue weighted by atomic mass is 9.77. The quantitative estimate of drug-likeness (QED) is 0.362. The van der Waals surface area contributed by atoms with Crippen molar-refractivity contribution in [2.75, 3.05) is 13.2 Å². The van der Waals surface area contributed by atoms with Crippen LogP contribution in [0.4, 0.5) is 0 Å². The van der Waals surface area contributed by atoms with Crippen LogP contribution >= 0.6 is 0 Å². The van der Waals surface area contributed by atoms with E-state index in [2.05, 4.69) is 11.8 Å². The van der Waals surface area contributed by atoms with Crippen LogP contribution in [0.2, 0.25) is 0 Å². The highest BCUT2D eigenvalue weighted by molar-refractivity contribution is 4.82. The van der Waals surface area contributed by atoms with Crippen LogP contribution in [0, 0.1) is 18.4 Å². The fourth-order valence-corrected chi connectivity index (χ4v) is 4.32. The normalized spacial score (nSPS) is 27.7. The second-order valence-corrected chi connectivity index (χ2v) is 8.05. The zero-order valence-corrected chi connectivity index (χ0v) is 15.9. The molecule has 1 unspecified atom stereocenters. The predicted octanol–water partition coefficient (Wildman–Crippen LogP) is 5.98. The second-order valence-electron chi connectivity index (χ2n) is 8.05. The number of hydrogen-bond donors (Lipinski definition) is 0. The molecule has 0 aromatic rings. The van der Waals surface area contributed by atoms with Crippen molar-refractivity contribution in [3.63, 3.8) is 0 Å². The third kappa shape index (κ3) is 6.37. The van der Waals surface area contributed by atoms with Crippen LogP contribution < -0.4 is 0 Å². The number of rotatable bonds is 10. The summed E-state index contributed by atoms with van der Waals surface area (Å²) >= 11 is 0. The number of unbranched alkanes of at least 4 members (excludes halogenated alkanes) is 2.